The first-order valence-corrected chi connectivity index (χ1v) is 16.3. The van der Waals surface area contributed by atoms with Crippen molar-refractivity contribution < 1.29 is 18.3 Å². The molecule has 2 aromatic carbocycles. The number of rotatable bonds is 6. The van der Waals surface area contributed by atoms with Crippen molar-refractivity contribution in [2.24, 2.45) is 7.05 Å². The van der Waals surface area contributed by atoms with Gasteiger partial charge in [0.25, 0.3) is 5.91 Å². The van der Waals surface area contributed by atoms with Crippen molar-refractivity contribution >= 4 is 43.6 Å². The molecule has 0 radical (unpaired) electrons. The van der Waals surface area contributed by atoms with Crippen LogP contribution in [0.25, 0.3) is 38.8 Å². The number of anilines is 1. The summed E-state index contributed by atoms with van der Waals surface area (Å²) in [6.07, 6.45) is 5.12. The van der Waals surface area contributed by atoms with Crippen LogP contribution in [0.3, 0.4) is 0 Å². The number of imidazole rings is 1. The van der Waals surface area contributed by atoms with Crippen LogP contribution in [0.2, 0.25) is 0 Å². The molecular formula is C32H34N6O5S. The Labute approximate surface area is 254 Å². The zero-order valence-electron chi connectivity index (χ0n) is 25.0. The zero-order valence-corrected chi connectivity index (χ0v) is 25.8. The molecule has 1 aliphatic heterocycles. The molecule has 1 fully saturated rings. The lowest BCUT2D eigenvalue weighted by molar-refractivity contribution is -0.140. The van der Waals surface area contributed by atoms with E-state index in [2.05, 4.69) is 14.7 Å². The molecule has 11 nitrogen and oxygen atoms in total. The molecule has 44 heavy (non-hydrogen) atoms. The number of carbonyl (C=O) groups is 1. The lowest BCUT2D eigenvalue weighted by Gasteiger charge is -2.33. The second-order valence-electron chi connectivity index (χ2n) is 11.5. The fraction of sp³-hybridized carbons (Fsp3) is 0.312. The van der Waals surface area contributed by atoms with Gasteiger partial charge in [-0.3, -0.25) is 28.6 Å². The monoisotopic (exact) mass is 614 g/mol. The van der Waals surface area contributed by atoms with Crippen molar-refractivity contribution in [1.82, 2.24) is 24.0 Å². The van der Waals surface area contributed by atoms with Crippen LogP contribution < -0.4 is 10.4 Å². The summed E-state index contributed by atoms with van der Waals surface area (Å²) in [6.45, 7) is 4.43. The number of piperidine rings is 1. The largest absolute Gasteiger partial charge is 0.384 e. The maximum absolute atomic E-state index is 13.6. The Bertz CT molecular complexity index is 2070. The van der Waals surface area contributed by atoms with Gasteiger partial charge in [0.05, 0.1) is 46.1 Å². The fourth-order valence-electron chi connectivity index (χ4n) is 6.00. The van der Waals surface area contributed by atoms with Gasteiger partial charge in [-0.15, -0.1) is 0 Å². The fourth-order valence-corrected chi connectivity index (χ4v) is 6.61. The van der Waals surface area contributed by atoms with Crippen LogP contribution in [0.5, 0.6) is 0 Å². The average molecular weight is 615 g/mol. The van der Waals surface area contributed by atoms with Crippen LogP contribution in [0.15, 0.2) is 65.7 Å². The Hall–Kier alpha value is -4.55. The molecule has 0 unspecified atom stereocenters. The van der Waals surface area contributed by atoms with E-state index in [0.717, 1.165) is 52.4 Å². The maximum Gasteiger partial charge on any atom is 0.333 e. The molecule has 0 aliphatic carbocycles. The minimum Gasteiger partial charge on any atom is -0.384 e. The van der Waals surface area contributed by atoms with Gasteiger partial charge in [-0.05, 0) is 74.1 Å². The number of hydrogen-bond donors (Lipinski definition) is 2. The molecule has 228 valence electrons. The number of nitrogens with zero attached hydrogens (tertiary/aromatic N) is 5. The van der Waals surface area contributed by atoms with E-state index in [9.17, 15) is 23.1 Å². The molecule has 5 aromatic rings. The molecule has 0 spiro atoms. The minimum absolute atomic E-state index is 0.200. The average Bonchev–Trinajstić information content (AvgIpc) is 3.26. The van der Waals surface area contributed by atoms with Crippen LogP contribution in [-0.4, -0.2) is 68.9 Å². The molecule has 0 saturated carbocycles. The summed E-state index contributed by atoms with van der Waals surface area (Å²) in [4.78, 5) is 36.5. The van der Waals surface area contributed by atoms with E-state index in [4.69, 9.17) is 0 Å². The molecule has 1 atom stereocenters. The van der Waals surface area contributed by atoms with Gasteiger partial charge >= 0.3 is 5.69 Å². The van der Waals surface area contributed by atoms with Crippen molar-refractivity contribution in [2.45, 2.75) is 38.7 Å². The molecular weight excluding hydrogens is 580 g/mol. The van der Waals surface area contributed by atoms with Crippen molar-refractivity contribution in [1.29, 1.82) is 0 Å². The number of sulfonamides is 1. The van der Waals surface area contributed by atoms with E-state index in [-0.39, 0.29) is 17.5 Å². The number of benzene rings is 2. The number of nitrogens with one attached hydrogen (secondary N) is 1. The summed E-state index contributed by atoms with van der Waals surface area (Å²) >= 11 is 0. The van der Waals surface area contributed by atoms with Crippen molar-refractivity contribution in [3.8, 4) is 16.8 Å². The van der Waals surface area contributed by atoms with Crippen LogP contribution in [0.1, 0.15) is 36.9 Å². The Morgan fingerprint density at radius 3 is 2.39 bits per heavy atom. The summed E-state index contributed by atoms with van der Waals surface area (Å²) in [6, 6.07) is 15.5. The highest BCUT2D eigenvalue weighted by Crippen LogP contribution is 2.33. The van der Waals surface area contributed by atoms with E-state index >= 15 is 0 Å². The Morgan fingerprint density at radius 1 is 1.02 bits per heavy atom. The summed E-state index contributed by atoms with van der Waals surface area (Å²) in [7, 11) is -1.76. The van der Waals surface area contributed by atoms with E-state index in [1.165, 1.54) is 6.92 Å². The highest BCUT2D eigenvalue weighted by molar-refractivity contribution is 7.92. The zero-order chi connectivity index (χ0) is 31.3. The van der Waals surface area contributed by atoms with Crippen LogP contribution >= 0.6 is 0 Å². The van der Waals surface area contributed by atoms with Crippen molar-refractivity contribution in [3.63, 3.8) is 0 Å². The SMILES string of the molecule is Cc1ncc(-c2ccc3ncc4c(c3c2)n(-c2ccc(C3CCN(C(=O)[C@H](C)O)CC3)cc2)c(=O)n4C)cc1NS(C)(=O)=O. The third-order valence-corrected chi connectivity index (χ3v) is 8.98. The van der Waals surface area contributed by atoms with Crippen molar-refractivity contribution in [2.75, 3.05) is 24.1 Å². The number of pyridine rings is 2. The Balaban J connectivity index is 1.39. The maximum atomic E-state index is 13.6. The number of aliphatic hydroxyl groups is 1. The van der Waals surface area contributed by atoms with Crippen molar-refractivity contribution in [3.05, 3.63) is 82.7 Å². The lowest BCUT2D eigenvalue weighted by Crippen LogP contribution is -2.42. The molecule has 3 aromatic heterocycles. The highest BCUT2D eigenvalue weighted by Gasteiger charge is 2.26. The van der Waals surface area contributed by atoms with Gasteiger partial charge < -0.3 is 10.0 Å². The number of aliphatic hydroxyl groups excluding tert-OH is 1. The van der Waals surface area contributed by atoms with E-state index in [1.54, 1.807) is 46.5 Å². The van der Waals surface area contributed by atoms with Gasteiger partial charge in [-0.25, -0.2) is 13.2 Å². The molecule has 0 bridgehead atoms. The molecule has 2 N–H and O–H groups in total. The quantitative estimate of drug-likeness (QED) is 0.297. The Kier molecular flexibility index (Phi) is 7.50. The Morgan fingerprint density at radius 2 is 1.73 bits per heavy atom. The molecule has 1 saturated heterocycles. The third kappa shape index (κ3) is 5.46. The second-order valence-corrected chi connectivity index (χ2v) is 13.2. The topological polar surface area (TPSA) is 139 Å². The first kappa shape index (κ1) is 29.5. The van der Waals surface area contributed by atoms with Gasteiger partial charge in [0.2, 0.25) is 10.0 Å². The molecule has 1 amide bonds. The smallest absolute Gasteiger partial charge is 0.333 e. The third-order valence-electron chi connectivity index (χ3n) is 8.39. The predicted octanol–water partition coefficient (Wildman–Crippen LogP) is 3.71. The number of aromatic nitrogens is 4. The number of carbonyl (C=O) groups excluding carboxylic acids is 1. The summed E-state index contributed by atoms with van der Waals surface area (Å²) < 4.78 is 29.6. The van der Waals surface area contributed by atoms with Gasteiger partial charge in [0, 0.05) is 37.3 Å². The van der Waals surface area contributed by atoms with Gasteiger partial charge in [0.15, 0.2) is 0 Å². The van der Waals surface area contributed by atoms with Crippen LogP contribution in [0, 0.1) is 6.92 Å². The second kappa shape index (κ2) is 11.2. The van der Waals surface area contributed by atoms with E-state index in [0.29, 0.717) is 35.5 Å². The minimum atomic E-state index is -3.49. The number of fused-ring (bicyclic) bond motifs is 3. The number of hydrogen-bond acceptors (Lipinski definition) is 7. The molecule has 12 heteroatoms. The lowest BCUT2D eigenvalue weighted by atomic mass is 9.89. The number of likely N-dealkylation sites (tertiary alicyclic amines) is 1. The van der Waals surface area contributed by atoms with E-state index < -0.39 is 16.1 Å². The molecule has 1 aliphatic rings. The first-order valence-electron chi connectivity index (χ1n) is 14.4. The van der Waals surface area contributed by atoms with Crippen LogP contribution in [-0.2, 0) is 21.9 Å². The standard InChI is InChI=1S/C32H34N6O5S/c1-19-28(35-44(4,42)43)16-24(17-33-19)23-7-10-27-26(15-23)30-29(18-34-27)36(3)32(41)38(30)25-8-5-21(6-9-25)22-11-13-37(14-12-22)31(40)20(2)39/h5-10,15-18,20,22,35,39H,11-14H2,1-4H3/t20-/m0/s1. The molecule has 6 rings (SSSR count). The predicted molar refractivity (Wildman–Crippen MR) is 170 cm³/mol. The number of amides is 1. The normalized spacial score (nSPS) is 15.2. The summed E-state index contributed by atoms with van der Waals surface area (Å²) in [5.41, 5.74) is 6.26. The first-order chi connectivity index (χ1) is 20.9. The molecule has 4 heterocycles. The number of aryl methyl sites for hydroxylation is 2. The van der Waals surface area contributed by atoms with Gasteiger partial charge in [-0.2, -0.15) is 0 Å². The highest BCUT2D eigenvalue weighted by atomic mass is 32.2. The summed E-state index contributed by atoms with van der Waals surface area (Å²) in [5, 5.41) is 10.4. The van der Waals surface area contributed by atoms with Gasteiger partial charge in [0.1, 0.15) is 6.10 Å². The summed E-state index contributed by atoms with van der Waals surface area (Å²) in [5.74, 6) is 0.0489. The van der Waals surface area contributed by atoms with Gasteiger partial charge in [-0.1, -0.05) is 18.2 Å². The van der Waals surface area contributed by atoms with E-state index in [1.807, 2.05) is 42.5 Å². The van der Waals surface area contributed by atoms with Crippen LogP contribution in [0.4, 0.5) is 5.69 Å².